The molecule has 1 aromatic rings. The van der Waals surface area contributed by atoms with Crippen LogP contribution in [0, 0.1) is 0 Å². The molecule has 2 aliphatic rings. The summed E-state index contributed by atoms with van der Waals surface area (Å²) in [7, 11) is -3.19. The van der Waals surface area contributed by atoms with Crippen molar-refractivity contribution in [3.63, 3.8) is 0 Å². The van der Waals surface area contributed by atoms with Gasteiger partial charge in [-0.1, -0.05) is 0 Å². The molecule has 0 radical (unpaired) electrons. The summed E-state index contributed by atoms with van der Waals surface area (Å²) >= 11 is 0. The molecule has 1 N–H and O–H groups in total. The third-order valence-corrected chi connectivity index (χ3v) is 4.93. The Morgan fingerprint density at radius 2 is 2.00 bits per heavy atom. The van der Waals surface area contributed by atoms with Gasteiger partial charge in [-0.3, -0.25) is 0 Å². The van der Waals surface area contributed by atoms with E-state index in [0.717, 1.165) is 12.1 Å². The molecule has 0 bridgehead atoms. The number of halogens is 3. The second-order valence-corrected chi connectivity index (χ2v) is 6.85. The highest BCUT2D eigenvalue weighted by Gasteiger charge is 2.43. The van der Waals surface area contributed by atoms with Crippen LogP contribution in [0.2, 0.25) is 0 Å². The van der Waals surface area contributed by atoms with Crippen molar-refractivity contribution in [3.05, 3.63) is 23.8 Å². The average molecular weight is 293 g/mol. The largest absolute Gasteiger partial charge is 0.485 e. The number of sulfone groups is 1. The van der Waals surface area contributed by atoms with Crippen molar-refractivity contribution in [1.29, 1.82) is 0 Å². The Labute approximate surface area is 107 Å². The maximum absolute atomic E-state index is 12.6. The molecule has 2 atom stereocenters. The van der Waals surface area contributed by atoms with Crippen molar-refractivity contribution < 1.29 is 26.3 Å². The molecule has 2 heterocycles. The molecule has 0 saturated carbocycles. The van der Waals surface area contributed by atoms with Gasteiger partial charge in [-0.2, -0.15) is 13.2 Å². The molecule has 1 aromatic carbocycles. The summed E-state index contributed by atoms with van der Waals surface area (Å²) in [5.41, 5.74) is -0.602. The lowest BCUT2D eigenvalue weighted by Crippen LogP contribution is -2.40. The molecule has 1 saturated heterocycles. The molecule has 0 aliphatic carbocycles. The maximum Gasteiger partial charge on any atom is 0.416 e. The molecule has 1 fully saturated rings. The highest BCUT2D eigenvalue weighted by Crippen LogP contribution is 2.39. The quantitative estimate of drug-likeness (QED) is 0.790. The van der Waals surface area contributed by atoms with Gasteiger partial charge in [-0.25, -0.2) is 8.42 Å². The maximum atomic E-state index is 12.6. The SMILES string of the molecule is O=S1(=O)CC2Nc3cc(C(F)(F)F)ccc3OC2C1. The van der Waals surface area contributed by atoms with Gasteiger partial charge in [-0.15, -0.1) is 0 Å². The summed E-state index contributed by atoms with van der Waals surface area (Å²) in [5.74, 6) is 0.0322. The van der Waals surface area contributed by atoms with Gasteiger partial charge in [-0.05, 0) is 18.2 Å². The summed E-state index contributed by atoms with van der Waals surface area (Å²) in [5, 5.41) is 2.82. The van der Waals surface area contributed by atoms with E-state index in [-0.39, 0.29) is 22.9 Å². The Kier molecular flexibility index (Phi) is 2.51. The molecule has 2 unspecified atom stereocenters. The van der Waals surface area contributed by atoms with Crippen molar-refractivity contribution >= 4 is 15.5 Å². The van der Waals surface area contributed by atoms with Gasteiger partial charge in [0.15, 0.2) is 9.84 Å². The zero-order valence-electron chi connectivity index (χ0n) is 9.57. The minimum absolute atomic E-state index is 0.106. The molecule has 8 heteroatoms. The van der Waals surface area contributed by atoms with E-state index >= 15 is 0 Å². The first-order valence-corrected chi connectivity index (χ1v) is 7.42. The van der Waals surface area contributed by atoms with Gasteiger partial charge < -0.3 is 10.1 Å². The van der Waals surface area contributed by atoms with Gasteiger partial charge in [0, 0.05) is 0 Å². The molecule has 2 aliphatic heterocycles. The van der Waals surface area contributed by atoms with Gasteiger partial charge in [0.25, 0.3) is 0 Å². The first kappa shape index (κ1) is 12.6. The third-order valence-electron chi connectivity index (χ3n) is 3.23. The number of hydrogen-bond acceptors (Lipinski definition) is 4. The second kappa shape index (κ2) is 3.78. The Hall–Kier alpha value is -1.44. The fraction of sp³-hybridized carbons (Fsp3) is 0.455. The van der Waals surface area contributed by atoms with Crippen LogP contribution >= 0.6 is 0 Å². The minimum Gasteiger partial charge on any atom is -0.485 e. The van der Waals surface area contributed by atoms with E-state index in [0.29, 0.717) is 0 Å². The van der Waals surface area contributed by atoms with Crippen LogP contribution < -0.4 is 10.1 Å². The number of rotatable bonds is 0. The topological polar surface area (TPSA) is 55.4 Å². The molecule has 19 heavy (non-hydrogen) atoms. The van der Waals surface area contributed by atoms with Crippen molar-refractivity contribution in [1.82, 2.24) is 0 Å². The zero-order valence-corrected chi connectivity index (χ0v) is 10.4. The summed E-state index contributed by atoms with van der Waals surface area (Å²) in [6, 6.07) is 2.59. The third kappa shape index (κ3) is 2.24. The van der Waals surface area contributed by atoms with Gasteiger partial charge in [0.05, 0.1) is 28.8 Å². The predicted octanol–water partition coefficient (Wildman–Crippen LogP) is 1.68. The molecule has 4 nitrogen and oxygen atoms in total. The van der Waals surface area contributed by atoms with Crippen LogP contribution in [0.25, 0.3) is 0 Å². The van der Waals surface area contributed by atoms with Crippen LogP contribution in [0.5, 0.6) is 5.75 Å². The van der Waals surface area contributed by atoms with Crippen molar-refractivity contribution in [2.75, 3.05) is 16.8 Å². The van der Waals surface area contributed by atoms with Gasteiger partial charge in [0.1, 0.15) is 11.9 Å². The highest BCUT2D eigenvalue weighted by molar-refractivity contribution is 7.91. The van der Waals surface area contributed by atoms with Crippen LogP contribution in [0.1, 0.15) is 5.56 Å². The Bertz CT molecular complexity index is 627. The lowest BCUT2D eigenvalue weighted by Gasteiger charge is -2.29. The summed E-state index contributed by atoms with van der Waals surface area (Å²) < 4.78 is 66.2. The minimum atomic E-state index is -4.44. The number of anilines is 1. The van der Waals surface area contributed by atoms with Crippen LogP contribution in [-0.2, 0) is 16.0 Å². The molecule has 0 aromatic heterocycles. The monoisotopic (exact) mass is 293 g/mol. The molecular formula is C11H10F3NO3S. The van der Waals surface area contributed by atoms with E-state index in [1.165, 1.54) is 6.07 Å². The lowest BCUT2D eigenvalue weighted by molar-refractivity contribution is -0.137. The van der Waals surface area contributed by atoms with Crippen molar-refractivity contribution in [2.24, 2.45) is 0 Å². The number of benzene rings is 1. The number of nitrogens with one attached hydrogen (secondary N) is 1. The lowest BCUT2D eigenvalue weighted by atomic mass is 10.1. The van der Waals surface area contributed by atoms with Crippen LogP contribution in [0.4, 0.5) is 18.9 Å². The molecular weight excluding hydrogens is 283 g/mol. The molecule has 104 valence electrons. The standard InChI is InChI=1S/C11H10F3NO3S/c12-11(13,14)6-1-2-9-7(3-6)15-8-4-19(16,17)5-10(8)18-9/h1-3,8,10,15H,4-5H2. The normalized spacial score (nSPS) is 27.9. The summed E-state index contributed by atoms with van der Waals surface area (Å²) in [6.07, 6.45) is -4.97. The zero-order chi connectivity index (χ0) is 13.8. The fourth-order valence-corrected chi connectivity index (χ4v) is 4.13. The number of ether oxygens (including phenoxy) is 1. The molecule has 0 spiro atoms. The van der Waals surface area contributed by atoms with Crippen LogP contribution in [0.15, 0.2) is 18.2 Å². The fourth-order valence-electron chi connectivity index (χ4n) is 2.35. The van der Waals surface area contributed by atoms with Crippen molar-refractivity contribution in [2.45, 2.75) is 18.3 Å². The van der Waals surface area contributed by atoms with E-state index in [4.69, 9.17) is 4.74 Å². The average Bonchev–Trinajstić information content (AvgIpc) is 2.56. The molecule has 0 amide bonds. The Morgan fingerprint density at radius 1 is 1.26 bits per heavy atom. The number of fused-ring (bicyclic) bond motifs is 2. The van der Waals surface area contributed by atoms with Crippen LogP contribution in [-0.4, -0.2) is 32.1 Å². The second-order valence-electron chi connectivity index (χ2n) is 4.69. The summed E-state index contributed by atoms with van der Waals surface area (Å²) in [4.78, 5) is 0. The highest BCUT2D eigenvalue weighted by atomic mass is 32.2. The summed E-state index contributed by atoms with van der Waals surface area (Å²) in [6.45, 7) is 0. The van der Waals surface area contributed by atoms with E-state index in [2.05, 4.69) is 5.32 Å². The van der Waals surface area contributed by atoms with Gasteiger partial charge in [0.2, 0.25) is 0 Å². The van der Waals surface area contributed by atoms with E-state index in [1.807, 2.05) is 0 Å². The number of alkyl halides is 3. The van der Waals surface area contributed by atoms with Crippen LogP contribution in [0.3, 0.4) is 0 Å². The van der Waals surface area contributed by atoms with E-state index < -0.39 is 33.7 Å². The van der Waals surface area contributed by atoms with E-state index in [1.54, 1.807) is 0 Å². The Balaban J connectivity index is 1.94. The number of hydrogen-bond donors (Lipinski definition) is 1. The first-order chi connectivity index (χ1) is 8.74. The van der Waals surface area contributed by atoms with Gasteiger partial charge >= 0.3 is 6.18 Å². The van der Waals surface area contributed by atoms with Crippen molar-refractivity contribution in [3.8, 4) is 5.75 Å². The smallest absolute Gasteiger partial charge is 0.416 e. The predicted molar refractivity (Wildman–Crippen MR) is 61.9 cm³/mol. The molecule has 3 rings (SSSR count). The Morgan fingerprint density at radius 3 is 2.68 bits per heavy atom. The first-order valence-electron chi connectivity index (χ1n) is 5.59. The van der Waals surface area contributed by atoms with E-state index in [9.17, 15) is 21.6 Å².